The van der Waals surface area contributed by atoms with Crippen LogP contribution in [0.4, 0.5) is 5.69 Å². The van der Waals surface area contributed by atoms with Crippen LogP contribution >= 0.6 is 0 Å². The second kappa shape index (κ2) is 3.84. The summed E-state index contributed by atoms with van der Waals surface area (Å²) in [5.41, 5.74) is -0.447. The summed E-state index contributed by atoms with van der Waals surface area (Å²) in [6.07, 6.45) is 2.09. The summed E-state index contributed by atoms with van der Waals surface area (Å²) in [6, 6.07) is 0. The number of nitrogens with zero attached hydrogens (tertiary/aromatic N) is 3. The molecular weight excluding hydrogens is 212 g/mol. The molecule has 1 aromatic heterocycles. The molecule has 16 heavy (non-hydrogen) atoms. The number of β-amino-alcohol motifs (C(OH)–C–C–N with tert-alkyl or cyclic N) is 1. The van der Waals surface area contributed by atoms with Crippen LogP contribution in [0.25, 0.3) is 0 Å². The molecule has 2 rings (SSSR count). The molecule has 0 spiro atoms. The summed E-state index contributed by atoms with van der Waals surface area (Å²) < 4.78 is 1.45. The Balaban J connectivity index is 2.26. The number of aryl methyl sites for hydroxylation is 1. The van der Waals surface area contributed by atoms with E-state index in [2.05, 4.69) is 10.4 Å². The maximum Gasteiger partial charge on any atom is 0.310 e. The molecule has 88 valence electrons. The van der Waals surface area contributed by atoms with Gasteiger partial charge in [-0.25, -0.2) is 0 Å². The van der Waals surface area contributed by atoms with Gasteiger partial charge in [0.2, 0.25) is 0 Å². The Morgan fingerprint density at radius 2 is 2.56 bits per heavy atom. The Morgan fingerprint density at radius 1 is 1.81 bits per heavy atom. The number of hydrogen-bond acceptors (Lipinski definition) is 5. The summed E-state index contributed by atoms with van der Waals surface area (Å²) in [5.74, 6) is 0. The van der Waals surface area contributed by atoms with E-state index in [0.29, 0.717) is 18.7 Å². The third-order valence-corrected chi connectivity index (χ3v) is 2.95. The van der Waals surface area contributed by atoms with Crippen molar-refractivity contribution in [1.82, 2.24) is 15.1 Å². The van der Waals surface area contributed by atoms with E-state index < -0.39 is 10.5 Å². The SMILES string of the molecule is Cn1ncc([N+](=O)[O-])c1CC1(O)CCNC1. The van der Waals surface area contributed by atoms with Crippen LogP contribution in [0.3, 0.4) is 0 Å². The quantitative estimate of drug-likeness (QED) is 0.540. The highest BCUT2D eigenvalue weighted by molar-refractivity contribution is 5.34. The number of aromatic nitrogens is 2. The van der Waals surface area contributed by atoms with Crippen molar-refractivity contribution >= 4 is 5.69 Å². The molecule has 0 bridgehead atoms. The highest BCUT2D eigenvalue weighted by Gasteiger charge is 2.35. The smallest absolute Gasteiger partial charge is 0.310 e. The van der Waals surface area contributed by atoms with Gasteiger partial charge in [0.15, 0.2) is 0 Å². The molecule has 0 saturated carbocycles. The molecule has 0 aliphatic carbocycles. The summed E-state index contributed by atoms with van der Waals surface area (Å²) in [6.45, 7) is 1.21. The van der Waals surface area contributed by atoms with E-state index in [9.17, 15) is 15.2 Å². The van der Waals surface area contributed by atoms with Gasteiger partial charge in [-0.1, -0.05) is 0 Å². The van der Waals surface area contributed by atoms with Gasteiger partial charge in [0.25, 0.3) is 0 Å². The molecule has 7 heteroatoms. The first kappa shape index (κ1) is 11.0. The van der Waals surface area contributed by atoms with Crippen molar-refractivity contribution in [3.63, 3.8) is 0 Å². The van der Waals surface area contributed by atoms with Gasteiger partial charge in [0.1, 0.15) is 11.9 Å². The second-order valence-electron chi connectivity index (χ2n) is 4.19. The molecule has 7 nitrogen and oxygen atoms in total. The molecule has 1 fully saturated rings. The van der Waals surface area contributed by atoms with Gasteiger partial charge in [0, 0.05) is 20.0 Å². The van der Waals surface area contributed by atoms with Gasteiger partial charge < -0.3 is 10.4 Å². The molecule has 0 amide bonds. The molecule has 1 saturated heterocycles. The van der Waals surface area contributed by atoms with Crippen LogP contribution in [-0.4, -0.2) is 38.5 Å². The predicted octanol–water partition coefficient (Wildman–Crippen LogP) is -0.405. The van der Waals surface area contributed by atoms with E-state index in [1.165, 1.54) is 10.9 Å². The molecule has 1 atom stereocenters. The Hall–Kier alpha value is -1.47. The minimum Gasteiger partial charge on any atom is -0.388 e. The maximum atomic E-state index is 10.8. The second-order valence-corrected chi connectivity index (χ2v) is 4.19. The van der Waals surface area contributed by atoms with Crippen LogP contribution in [0.1, 0.15) is 12.1 Å². The monoisotopic (exact) mass is 226 g/mol. The zero-order valence-electron chi connectivity index (χ0n) is 9.01. The Kier molecular flexibility index (Phi) is 2.64. The third kappa shape index (κ3) is 1.91. The molecule has 0 aromatic carbocycles. The lowest BCUT2D eigenvalue weighted by Gasteiger charge is -2.20. The fraction of sp³-hybridized carbons (Fsp3) is 0.667. The lowest BCUT2D eigenvalue weighted by Crippen LogP contribution is -2.34. The van der Waals surface area contributed by atoms with E-state index in [-0.39, 0.29) is 12.1 Å². The molecule has 1 aromatic rings. The summed E-state index contributed by atoms with van der Waals surface area (Å²) in [5, 5.41) is 27.8. The molecule has 1 aliphatic heterocycles. The standard InChI is InChI=1S/C9H14N4O3/c1-12-7(8(5-11-12)13(15)16)4-9(14)2-3-10-6-9/h5,10,14H,2-4,6H2,1H3. The first-order chi connectivity index (χ1) is 7.52. The fourth-order valence-electron chi connectivity index (χ4n) is 2.00. The van der Waals surface area contributed by atoms with Crippen molar-refractivity contribution in [3.05, 3.63) is 22.0 Å². The molecule has 1 aliphatic rings. The summed E-state index contributed by atoms with van der Waals surface area (Å²) in [4.78, 5) is 10.3. The molecule has 2 heterocycles. The number of rotatable bonds is 3. The number of hydrogen-bond donors (Lipinski definition) is 2. The highest BCUT2D eigenvalue weighted by Crippen LogP contribution is 2.25. The van der Waals surface area contributed by atoms with Crippen LogP contribution in [0.2, 0.25) is 0 Å². The van der Waals surface area contributed by atoms with E-state index >= 15 is 0 Å². The van der Waals surface area contributed by atoms with Gasteiger partial charge in [-0.2, -0.15) is 5.10 Å². The Morgan fingerprint density at radius 3 is 3.12 bits per heavy atom. The normalized spacial score (nSPS) is 24.9. The average molecular weight is 226 g/mol. The average Bonchev–Trinajstić information content (AvgIpc) is 2.76. The molecule has 1 unspecified atom stereocenters. The first-order valence-electron chi connectivity index (χ1n) is 5.10. The van der Waals surface area contributed by atoms with Gasteiger partial charge in [0.05, 0.1) is 10.5 Å². The van der Waals surface area contributed by atoms with Crippen molar-refractivity contribution < 1.29 is 10.0 Å². The number of nitro groups is 1. The van der Waals surface area contributed by atoms with Crippen molar-refractivity contribution in [2.75, 3.05) is 13.1 Å². The van der Waals surface area contributed by atoms with Gasteiger partial charge in [-0.05, 0) is 13.0 Å². The molecular formula is C9H14N4O3. The van der Waals surface area contributed by atoms with Crippen LogP contribution in [-0.2, 0) is 13.5 Å². The summed E-state index contributed by atoms with van der Waals surface area (Å²) in [7, 11) is 1.65. The van der Waals surface area contributed by atoms with E-state index in [4.69, 9.17) is 0 Å². The van der Waals surface area contributed by atoms with Gasteiger partial charge in [-0.3, -0.25) is 14.8 Å². The number of nitrogens with one attached hydrogen (secondary N) is 1. The third-order valence-electron chi connectivity index (χ3n) is 2.95. The Labute approximate surface area is 92.2 Å². The van der Waals surface area contributed by atoms with Crippen LogP contribution in [0.15, 0.2) is 6.20 Å². The van der Waals surface area contributed by atoms with E-state index in [1.807, 2.05) is 0 Å². The highest BCUT2D eigenvalue weighted by atomic mass is 16.6. The Bertz CT molecular complexity index is 409. The maximum absolute atomic E-state index is 10.8. The minimum absolute atomic E-state index is 0.0252. The fourth-order valence-corrected chi connectivity index (χ4v) is 2.00. The lowest BCUT2D eigenvalue weighted by atomic mass is 9.96. The van der Waals surface area contributed by atoms with Crippen LogP contribution in [0, 0.1) is 10.1 Å². The van der Waals surface area contributed by atoms with Gasteiger partial charge in [-0.15, -0.1) is 0 Å². The lowest BCUT2D eigenvalue weighted by molar-refractivity contribution is -0.385. The largest absolute Gasteiger partial charge is 0.388 e. The van der Waals surface area contributed by atoms with Crippen molar-refractivity contribution in [2.24, 2.45) is 7.05 Å². The van der Waals surface area contributed by atoms with Crippen molar-refractivity contribution in [2.45, 2.75) is 18.4 Å². The minimum atomic E-state index is -0.890. The van der Waals surface area contributed by atoms with Gasteiger partial charge >= 0.3 is 5.69 Å². The zero-order chi connectivity index (χ0) is 11.8. The van der Waals surface area contributed by atoms with E-state index in [0.717, 1.165) is 6.54 Å². The molecule has 0 radical (unpaired) electrons. The number of aliphatic hydroxyl groups is 1. The predicted molar refractivity (Wildman–Crippen MR) is 56.0 cm³/mol. The van der Waals surface area contributed by atoms with E-state index in [1.54, 1.807) is 7.05 Å². The summed E-state index contributed by atoms with van der Waals surface area (Å²) >= 11 is 0. The van der Waals surface area contributed by atoms with Crippen LogP contribution in [0.5, 0.6) is 0 Å². The van der Waals surface area contributed by atoms with Crippen LogP contribution < -0.4 is 5.32 Å². The molecule has 2 N–H and O–H groups in total. The topological polar surface area (TPSA) is 93.2 Å². The zero-order valence-corrected chi connectivity index (χ0v) is 9.01. The first-order valence-corrected chi connectivity index (χ1v) is 5.10. The van der Waals surface area contributed by atoms with Crippen molar-refractivity contribution in [1.29, 1.82) is 0 Å². The van der Waals surface area contributed by atoms with Crippen molar-refractivity contribution in [3.8, 4) is 0 Å².